The van der Waals surface area contributed by atoms with E-state index in [-0.39, 0.29) is 23.4 Å². The lowest BCUT2D eigenvalue weighted by molar-refractivity contribution is -0.125. The first-order valence-corrected chi connectivity index (χ1v) is 19.3. The Balaban J connectivity index is 1.28. The number of aryl methyl sites for hydroxylation is 4. The molecule has 0 fully saturated rings. The summed E-state index contributed by atoms with van der Waals surface area (Å²) in [7, 11) is 0. The Morgan fingerprint density at radius 2 is 0.860 bits per heavy atom. The summed E-state index contributed by atoms with van der Waals surface area (Å²) in [6.07, 6.45) is 12.7. The summed E-state index contributed by atoms with van der Waals surface area (Å²) in [6.45, 7) is 8.40. The van der Waals surface area contributed by atoms with Crippen molar-refractivity contribution in [2.75, 3.05) is 10.6 Å². The van der Waals surface area contributed by atoms with Crippen LogP contribution in [0.25, 0.3) is 22.5 Å². The molecule has 2 amide bonds. The maximum atomic E-state index is 14.2. The number of unbranched alkanes of at least 4 members (excludes halogenated alkanes) is 4. The number of amides is 2. The summed E-state index contributed by atoms with van der Waals surface area (Å²) in [5, 5.41) is 6.35. The lowest BCUT2D eigenvalue weighted by atomic mass is 9.69. The number of anilines is 2. The summed E-state index contributed by atoms with van der Waals surface area (Å²) in [5.74, 6) is -0.410. The van der Waals surface area contributed by atoms with Crippen LogP contribution in [0.5, 0.6) is 0 Å². The van der Waals surface area contributed by atoms with E-state index in [1.165, 1.54) is 11.1 Å². The van der Waals surface area contributed by atoms with Crippen molar-refractivity contribution < 1.29 is 19.2 Å². The van der Waals surface area contributed by atoms with Gasteiger partial charge in [0.15, 0.2) is 11.6 Å². The van der Waals surface area contributed by atoms with E-state index in [9.17, 15) is 19.2 Å². The van der Waals surface area contributed by atoms with E-state index < -0.39 is 10.8 Å². The van der Waals surface area contributed by atoms with Gasteiger partial charge in [-0.2, -0.15) is 0 Å². The number of benzene rings is 2. The van der Waals surface area contributed by atoms with Gasteiger partial charge >= 0.3 is 0 Å². The molecule has 50 heavy (non-hydrogen) atoms. The smallest absolute Gasteiger partial charge is 0.238 e. The highest BCUT2D eigenvalue weighted by atomic mass is 16.2. The average Bonchev–Trinajstić information content (AvgIpc) is 3.12. The Morgan fingerprint density at radius 1 is 0.500 bits per heavy atom. The number of aromatic nitrogens is 1. The van der Waals surface area contributed by atoms with Gasteiger partial charge in [-0.3, -0.25) is 19.2 Å². The van der Waals surface area contributed by atoms with Crippen molar-refractivity contribution in [3.8, 4) is 22.5 Å². The molecular formula is C43H51N3O4. The van der Waals surface area contributed by atoms with Gasteiger partial charge in [-0.05, 0) is 97.9 Å². The Morgan fingerprint density at radius 3 is 1.22 bits per heavy atom. The van der Waals surface area contributed by atoms with Crippen molar-refractivity contribution in [1.82, 2.24) is 4.98 Å². The number of pyridine rings is 1. The van der Waals surface area contributed by atoms with Crippen molar-refractivity contribution in [1.29, 1.82) is 0 Å². The zero-order chi connectivity index (χ0) is 35.2. The maximum Gasteiger partial charge on any atom is 0.238 e. The summed E-state index contributed by atoms with van der Waals surface area (Å²) < 4.78 is 0. The molecule has 0 unspecified atom stereocenters. The van der Waals surface area contributed by atoms with Crippen molar-refractivity contribution >= 4 is 34.8 Å². The van der Waals surface area contributed by atoms with Crippen LogP contribution in [0.1, 0.15) is 148 Å². The number of carbonyl (C=O) groups excluding carboxylic acids is 4. The summed E-state index contributed by atoms with van der Waals surface area (Å²) in [5.41, 5.74) is 8.63. The van der Waals surface area contributed by atoms with Crippen LogP contribution in [0.2, 0.25) is 0 Å². The molecule has 7 heteroatoms. The molecule has 2 aliphatic carbocycles. The van der Waals surface area contributed by atoms with Crippen LogP contribution in [-0.4, -0.2) is 28.4 Å². The number of nitrogens with one attached hydrogen (secondary N) is 2. The molecule has 0 saturated heterocycles. The molecule has 0 spiro atoms. The lowest BCUT2D eigenvalue weighted by Gasteiger charge is -2.37. The second kappa shape index (κ2) is 13.5. The minimum absolute atomic E-state index is 0.0335. The van der Waals surface area contributed by atoms with E-state index in [0.29, 0.717) is 48.2 Å². The Bertz CT molecular complexity index is 1760. The fourth-order valence-corrected chi connectivity index (χ4v) is 8.99. The number of rotatable bonds is 12. The van der Waals surface area contributed by atoms with E-state index in [2.05, 4.69) is 44.4 Å². The Kier molecular flexibility index (Phi) is 9.29. The molecule has 1 aromatic heterocycles. The number of ketones is 2. The van der Waals surface area contributed by atoms with Crippen LogP contribution in [0, 0.1) is 10.8 Å². The molecular weight excluding hydrogens is 622 g/mol. The van der Waals surface area contributed by atoms with E-state index in [1.54, 1.807) is 0 Å². The highest BCUT2D eigenvalue weighted by Crippen LogP contribution is 2.48. The van der Waals surface area contributed by atoms with Crippen LogP contribution in [0.4, 0.5) is 11.4 Å². The third-order valence-corrected chi connectivity index (χ3v) is 12.1. The van der Waals surface area contributed by atoms with Crippen molar-refractivity contribution in [2.45, 2.75) is 130 Å². The third kappa shape index (κ3) is 5.43. The summed E-state index contributed by atoms with van der Waals surface area (Å²) >= 11 is 0. The molecule has 2 aromatic carbocycles. The van der Waals surface area contributed by atoms with Gasteiger partial charge in [-0.15, -0.1) is 0 Å². The SMILES string of the molecule is CCCCC1(CCCC)C(=O)Nc2cc3c(cc2C1=O)CCc1cc2c(nc1-3)-c1cc3c(cc1CC2)C(=O)C(CCCC)(CCCC)C(=O)N3. The lowest BCUT2D eigenvalue weighted by Crippen LogP contribution is -2.47. The fourth-order valence-electron chi connectivity index (χ4n) is 8.99. The van der Waals surface area contributed by atoms with Gasteiger partial charge in [0.2, 0.25) is 11.8 Å². The first kappa shape index (κ1) is 34.3. The normalized spacial score (nSPS) is 17.8. The minimum atomic E-state index is -0.998. The molecule has 2 aliphatic heterocycles. The second-order valence-corrected chi connectivity index (χ2v) is 15.3. The zero-order valence-electron chi connectivity index (χ0n) is 30.3. The van der Waals surface area contributed by atoms with Crippen LogP contribution < -0.4 is 10.6 Å². The van der Waals surface area contributed by atoms with E-state index in [4.69, 9.17) is 4.98 Å². The molecule has 7 rings (SSSR count). The van der Waals surface area contributed by atoms with Gasteiger partial charge in [-0.1, -0.05) is 85.1 Å². The molecule has 0 bridgehead atoms. The monoisotopic (exact) mass is 673 g/mol. The van der Waals surface area contributed by atoms with Gasteiger partial charge < -0.3 is 10.6 Å². The molecule has 0 saturated carbocycles. The molecule has 7 nitrogen and oxygen atoms in total. The van der Waals surface area contributed by atoms with Crippen molar-refractivity contribution in [3.63, 3.8) is 0 Å². The minimum Gasteiger partial charge on any atom is -0.325 e. The fraction of sp³-hybridized carbons (Fsp3) is 0.512. The quantitative estimate of drug-likeness (QED) is 0.186. The molecule has 4 aliphatic rings. The Labute approximate surface area is 296 Å². The third-order valence-electron chi connectivity index (χ3n) is 12.1. The van der Waals surface area contributed by atoms with E-state index in [1.807, 2.05) is 24.3 Å². The van der Waals surface area contributed by atoms with Crippen molar-refractivity contribution in [2.24, 2.45) is 10.8 Å². The zero-order valence-corrected chi connectivity index (χ0v) is 30.3. The highest BCUT2D eigenvalue weighted by Gasteiger charge is 2.50. The number of fused-ring (bicyclic) bond motifs is 8. The number of hydrogen-bond donors (Lipinski definition) is 2. The summed E-state index contributed by atoms with van der Waals surface area (Å²) in [6, 6.07) is 10.3. The van der Waals surface area contributed by atoms with Crippen molar-refractivity contribution in [3.05, 3.63) is 63.7 Å². The molecule has 262 valence electrons. The topological polar surface area (TPSA) is 105 Å². The number of carbonyl (C=O) groups is 4. The van der Waals surface area contributed by atoms with Gasteiger partial charge in [0.05, 0.1) is 22.8 Å². The first-order valence-electron chi connectivity index (χ1n) is 19.3. The molecule has 2 N–H and O–H groups in total. The molecule has 0 radical (unpaired) electrons. The predicted octanol–water partition coefficient (Wildman–Crippen LogP) is 9.62. The van der Waals surface area contributed by atoms with Gasteiger partial charge in [0.1, 0.15) is 10.8 Å². The molecule has 3 aromatic rings. The highest BCUT2D eigenvalue weighted by molar-refractivity contribution is 6.25. The molecule has 0 atom stereocenters. The van der Waals surface area contributed by atoms with Crippen LogP contribution in [0.15, 0.2) is 30.3 Å². The van der Waals surface area contributed by atoms with Crippen LogP contribution in [-0.2, 0) is 35.3 Å². The first-order chi connectivity index (χ1) is 24.2. The summed E-state index contributed by atoms with van der Waals surface area (Å²) in [4.78, 5) is 61.2. The van der Waals surface area contributed by atoms with E-state index >= 15 is 0 Å². The number of nitrogens with zero attached hydrogens (tertiary/aromatic N) is 1. The maximum absolute atomic E-state index is 14.2. The van der Waals surface area contributed by atoms with Gasteiger partial charge in [-0.25, -0.2) is 4.98 Å². The molecule has 3 heterocycles. The second-order valence-electron chi connectivity index (χ2n) is 15.3. The Hall–Kier alpha value is -4.13. The predicted molar refractivity (Wildman–Crippen MR) is 199 cm³/mol. The standard InChI is InChI=1S/C43H51N3O4/c1-5-9-17-42(18-10-6-2)38(47)32-22-26-13-15-28-21-29-16-14-27-23-33-35(45-41(50)43(39(33)48,19-11-7-3)20-12-8-4)25-31(27)37(29)46-36(28)30(26)24-34(32)44-40(42)49/h21-25H,5-20H2,1-4H3,(H,44,49)(H,45,50). The largest absolute Gasteiger partial charge is 0.325 e. The van der Waals surface area contributed by atoms with Gasteiger partial charge in [0, 0.05) is 22.3 Å². The van der Waals surface area contributed by atoms with Gasteiger partial charge in [0.25, 0.3) is 0 Å². The number of Topliss-reactive ketones (excluding diaryl/α,β-unsaturated/α-hetero) is 2. The number of hydrogen-bond acceptors (Lipinski definition) is 5. The van der Waals surface area contributed by atoms with Crippen LogP contribution >= 0.6 is 0 Å². The van der Waals surface area contributed by atoms with E-state index in [0.717, 1.165) is 111 Å². The average molecular weight is 674 g/mol. The van der Waals surface area contributed by atoms with Crippen LogP contribution in [0.3, 0.4) is 0 Å².